The fraction of sp³-hybridized carbons (Fsp3) is 0.583. The van der Waals surface area contributed by atoms with Crippen LogP contribution in [0.4, 0.5) is 0 Å². The molecule has 1 fully saturated rings. The molecule has 17 heavy (non-hydrogen) atoms. The molecule has 5 nitrogen and oxygen atoms in total. The zero-order chi connectivity index (χ0) is 12.1. The Morgan fingerprint density at radius 1 is 1.24 bits per heavy atom. The molecule has 0 aliphatic heterocycles. The largest absolute Gasteiger partial charge is 0.349 e. The molecule has 1 aliphatic carbocycles. The average Bonchev–Trinajstić information content (AvgIpc) is 2.40. The molecule has 1 amide bonds. The highest BCUT2D eigenvalue weighted by Gasteiger charge is 2.21. The number of nitrogens with one attached hydrogen (secondary N) is 2. The predicted octanol–water partition coefficient (Wildman–Crippen LogP) is 0.737. The first-order valence-corrected chi connectivity index (χ1v) is 6.04. The Bertz CT molecular complexity index is 360. The lowest BCUT2D eigenvalue weighted by molar-refractivity contribution is 0.0924. The van der Waals surface area contributed by atoms with E-state index < -0.39 is 0 Å². The molecule has 0 saturated heterocycles. The Morgan fingerprint density at radius 3 is 2.53 bits per heavy atom. The summed E-state index contributed by atoms with van der Waals surface area (Å²) in [5, 5.41) is 13.7. The lowest BCUT2D eigenvalue weighted by atomic mass is 9.91. The summed E-state index contributed by atoms with van der Waals surface area (Å²) in [5.74, 6) is -0.0483. The number of carbonyl (C=O) groups is 1. The van der Waals surface area contributed by atoms with Crippen LogP contribution in [-0.2, 0) is 0 Å². The van der Waals surface area contributed by atoms with Gasteiger partial charge in [-0.2, -0.15) is 10.2 Å². The van der Waals surface area contributed by atoms with E-state index in [4.69, 9.17) is 0 Å². The predicted molar refractivity (Wildman–Crippen MR) is 64.6 cm³/mol. The molecule has 0 radical (unpaired) electrons. The monoisotopic (exact) mass is 234 g/mol. The van der Waals surface area contributed by atoms with Crippen LogP contribution in [0.3, 0.4) is 0 Å². The van der Waals surface area contributed by atoms with Crippen molar-refractivity contribution in [1.82, 2.24) is 20.8 Å². The summed E-state index contributed by atoms with van der Waals surface area (Å²) in [6.45, 7) is 0. The van der Waals surface area contributed by atoms with Gasteiger partial charge in [-0.05, 0) is 38.8 Å². The Balaban J connectivity index is 1.84. The van der Waals surface area contributed by atoms with E-state index in [9.17, 15) is 4.79 Å². The van der Waals surface area contributed by atoms with E-state index in [0.717, 1.165) is 25.7 Å². The summed E-state index contributed by atoms with van der Waals surface area (Å²) in [4.78, 5) is 11.9. The Hall–Kier alpha value is -1.49. The van der Waals surface area contributed by atoms with Crippen LogP contribution in [0, 0.1) is 0 Å². The number of aromatic nitrogens is 2. The van der Waals surface area contributed by atoms with Crippen LogP contribution < -0.4 is 10.6 Å². The first-order chi connectivity index (χ1) is 8.29. The quantitative estimate of drug-likeness (QED) is 0.809. The fourth-order valence-electron chi connectivity index (χ4n) is 2.22. The first-order valence-electron chi connectivity index (χ1n) is 6.04. The summed E-state index contributed by atoms with van der Waals surface area (Å²) in [6.07, 6.45) is 7.35. The lowest BCUT2D eigenvalue weighted by Crippen LogP contribution is -2.41. The van der Waals surface area contributed by atoms with Gasteiger partial charge < -0.3 is 10.6 Å². The maximum Gasteiger partial charge on any atom is 0.253 e. The van der Waals surface area contributed by atoms with Crippen molar-refractivity contribution in [2.24, 2.45) is 0 Å². The van der Waals surface area contributed by atoms with E-state index in [-0.39, 0.29) is 5.91 Å². The molecule has 2 N–H and O–H groups in total. The van der Waals surface area contributed by atoms with Crippen LogP contribution in [0.2, 0.25) is 0 Å². The zero-order valence-corrected chi connectivity index (χ0v) is 10.0. The molecule has 1 heterocycles. The molecule has 5 heteroatoms. The molecule has 1 aliphatic rings. The molecule has 0 aromatic carbocycles. The lowest BCUT2D eigenvalue weighted by Gasteiger charge is -2.28. The maximum atomic E-state index is 11.9. The Labute approximate surface area is 101 Å². The van der Waals surface area contributed by atoms with Crippen molar-refractivity contribution >= 4 is 5.91 Å². The number of rotatable bonds is 3. The molecule has 1 saturated carbocycles. The van der Waals surface area contributed by atoms with Crippen molar-refractivity contribution in [2.75, 3.05) is 7.05 Å². The number of hydrogen-bond acceptors (Lipinski definition) is 4. The van der Waals surface area contributed by atoms with Gasteiger partial charge in [0.1, 0.15) is 0 Å². The van der Waals surface area contributed by atoms with E-state index in [1.54, 1.807) is 6.07 Å². The molecule has 0 atom stereocenters. The molecule has 2 rings (SSSR count). The third kappa shape index (κ3) is 3.23. The first kappa shape index (κ1) is 12.0. The second-order valence-electron chi connectivity index (χ2n) is 4.44. The summed E-state index contributed by atoms with van der Waals surface area (Å²) in [5.41, 5.74) is 0.579. The highest BCUT2D eigenvalue weighted by atomic mass is 16.1. The van der Waals surface area contributed by atoms with Gasteiger partial charge in [-0.1, -0.05) is 0 Å². The van der Waals surface area contributed by atoms with Gasteiger partial charge in [0.25, 0.3) is 5.91 Å². The fourth-order valence-corrected chi connectivity index (χ4v) is 2.22. The summed E-state index contributed by atoms with van der Waals surface area (Å²) < 4.78 is 0. The van der Waals surface area contributed by atoms with Crippen LogP contribution in [0.5, 0.6) is 0 Å². The molecule has 0 bridgehead atoms. The third-order valence-corrected chi connectivity index (χ3v) is 3.32. The van der Waals surface area contributed by atoms with Crippen LogP contribution in [-0.4, -0.2) is 35.2 Å². The van der Waals surface area contributed by atoms with Crippen molar-refractivity contribution in [3.05, 3.63) is 24.0 Å². The molecule has 1 aromatic heterocycles. The van der Waals surface area contributed by atoms with E-state index in [1.165, 1.54) is 12.4 Å². The molecular formula is C12H18N4O. The average molecular weight is 234 g/mol. The van der Waals surface area contributed by atoms with Crippen molar-refractivity contribution in [1.29, 1.82) is 0 Å². The topological polar surface area (TPSA) is 66.9 Å². The smallest absolute Gasteiger partial charge is 0.253 e. The van der Waals surface area contributed by atoms with Crippen molar-refractivity contribution in [3.8, 4) is 0 Å². The van der Waals surface area contributed by atoms with Gasteiger partial charge in [0, 0.05) is 12.1 Å². The Morgan fingerprint density at radius 2 is 1.94 bits per heavy atom. The standard InChI is InChI=1S/C12H18N4O/c1-13-10-2-4-11(5-3-10)16-12(17)9-6-7-14-15-8-9/h6-8,10-11,13H,2-5H2,1H3,(H,16,17). The second kappa shape index (κ2) is 5.72. The second-order valence-corrected chi connectivity index (χ2v) is 4.44. The minimum Gasteiger partial charge on any atom is -0.349 e. The van der Waals surface area contributed by atoms with E-state index in [1.807, 2.05) is 7.05 Å². The van der Waals surface area contributed by atoms with Gasteiger partial charge in [-0.3, -0.25) is 4.79 Å². The van der Waals surface area contributed by atoms with Crippen molar-refractivity contribution in [3.63, 3.8) is 0 Å². The van der Waals surface area contributed by atoms with Gasteiger partial charge in [0.15, 0.2) is 0 Å². The molecule has 0 unspecified atom stereocenters. The third-order valence-electron chi connectivity index (χ3n) is 3.32. The van der Waals surface area contributed by atoms with Gasteiger partial charge in [0.2, 0.25) is 0 Å². The maximum absolute atomic E-state index is 11.9. The zero-order valence-electron chi connectivity index (χ0n) is 10.0. The van der Waals surface area contributed by atoms with Crippen molar-refractivity contribution < 1.29 is 4.79 Å². The van der Waals surface area contributed by atoms with Gasteiger partial charge in [-0.15, -0.1) is 0 Å². The van der Waals surface area contributed by atoms with E-state index in [0.29, 0.717) is 17.6 Å². The van der Waals surface area contributed by atoms with Crippen molar-refractivity contribution in [2.45, 2.75) is 37.8 Å². The number of hydrogen-bond donors (Lipinski definition) is 2. The van der Waals surface area contributed by atoms with Gasteiger partial charge >= 0.3 is 0 Å². The molecule has 1 aromatic rings. The molecule has 92 valence electrons. The minimum atomic E-state index is -0.0483. The van der Waals surface area contributed by atoms with Crippen LogP contribution in [0.15, 0.2) is 18.5 Å². The van der Waals surface area contributed by atoms with Gasteiger partial charge in [-0.25, -0.2) is 0 Å². The SMILES string of the molecule is CNC1CCC(NC(=O)c2ccnnc2)CC1. The Kier molecular flexibility index (Phi) is 4.03. The summed E-state index contributed by atoms with van der Waals surface area (Å²) in [6, 6.07) is 2.58. The molecule has 0 spiro atoms. The van der Waals surface area contributed by atoms with E-state index >= 15 is 0 Å². The number of nitrogens with zero attached hydrogens (tertiary/aromatic N) is 2. The normalized spacial score (nSPS) is 24.3. The number of amides is 1. The highest BCUT2D eigenvalue weighted by Crippen LogP contribution is 2.18. The van der Waals surface area contributed by atoms with E-state index in [2.05, 4.69) is 20.8 Å². The summed E-state index contributed by atoms with van der Waals surface area (Å²) in [7, 11) is 1.99. The highest BCUT2D eigenvalue weighted by molar-refractivity contribution is 5.93. The van der Waals surface area contributed by atoms with Crippen LogP contribution in [0.1, 0.15) is 36.0 Å². The minimum absolute atomic E-state index is 0.0483. The number of carbonyl (C=O) groups excluding carboxylic acids is 1. The summed E-state index contributed by atoms with van der Waals surface area (Å²) >= 11 is 0. The van der Waals surface area contributed by atoms with Crippen LogP contribution >= 0.6 is 0 Å². The van der Waals surface area contributed by atoms with Gasteiger partial charge in [0.05, 0.1) is 18.0 Å². The molecular weight excluding hydrogens is 216 g/mol. The van der Waals surface area contributed by atoms with Crippen LogP contribution in [0.25, 0.3) is 0 Å².